The summed E-state index contributed by atoms with van der Waals surface area (Å²) in [6.45, 7) is 3.06. The Hall–Kier alpha value is -1.77. The summed E-state index contributed by atoms with van der Waals surface area (Å²) in [6, 6.07) is 9.16. The summed E-state index contributed by atoms with van der Waals surface area (Å²) in [4.78, 5) is 4.49. The zero-order valence-electron chi connectivity index (χ0n) is 12.2. The molecule has 3 rings (SSSR count). The summed E-state index contributed by atoms with van der Waals surface area (Å²) in [5.41, 5.74) is 2.70. The Morgan fingerprint density at radius 1 is 1.20 bits per heavy atom. The second kappa shape index (κ2) is 6.12. The maximum absolute atomic E-state index is 4.49. The van der Waals surface area contributed by atoms with Crippen LogP contribution >= 0.6 is 0 Å². The van der Waals surface area contributed by atoms with E-state index in [1.807, 2.05) is 6.20 Å². The number of aromatic nitrogens is 2. The van der Waals surface area contributed by atoms with Crippen molar-refractivity contribution in [3.63, 3.8) is 0 Å². The fourth-order valence-corrected chi connectivity index (χ4v) is 2.98. The minimum atomic E-state index is 0.599. The van der Waals surface area contributed by atoms with Gasteiger partial charge in [-0.15, -0.1) is 0 Å². The second-order valence-corrected chi connectivity index (χ2v) is 5.78. The van der Waals surface area contributed by atoms with Gasteiger partial charge >= 0.3 is 0 Å². The number of hydrogen-bond acceptors (Lipinski definition) is 2. The first-order chi connectivity index (χ1) is 9.83. The monoisotopic (exact) mass is 269 g/mol. The lowest BCUT2D eigenvalue weighted by Crippen LogP contribution is -2.24. The standard InChI is InChI=1S/C17H23N3/c1-14-7-5-6-8-15(14)13-20-12-11-18-17(20)19-16-9-3-2-4-10-16/h5-8,11-12,16H,2-4,9-10,13H2,1H3,(H,18,19). The largest absolute Gasteiger partial charge is 0.353 e. The quantitative estimate of drug-likeness (QED) is 0.909. The van der Waals surface area contributed by atoms with E-state index in [-0.39, 0.29) is 0 Å². The molecule has 0 amide bonds. The lowest BCUT2D eigenvalue weighted by Gasteiger charge is -2.23. The number of aryl methyl sites for hydroxylation is 1. The number of nitrogens with one attached hydrogen (secondary N) is 1. The van der Waals surface area contributed by atoms with Crippen LogP contribution in [0.15, 0.2) is 36.7 Å². The molecule has 106 valence electrons. The maximum Gasteiger partial charge on any atom is 0.203 e. The second-order valence-electron chi connectivity index (χ2n) is 5.78. The summed E-state index contributed by atoms with van der Waals surface area (Å²) in [5, 5.41) is 3.62. The van der Waals surface area contributed by atoms with Crippen molar-refractivity contribution in [3.8, 4) is 0 Å². The molecule has 1 aromatic carbocycles. The Labute approximate surface area is 121 Å². The van der Waals surface area contributed by atoms with Gasteiger partial charge in [0.25, 0.3) is 0 Å². The van der Waals surface area contributed by atoms with Gasteiger partial charge in [-0.3, -0.25) is 0 Å². The summed E-state index contributed by atoms with van der Waals surface area (Å²) < 4.78 is 2.22. The highest BCUT2D eigenvalue weighted by atomic mass is 15.2. The van der Waals surface area contributed by atoms with Gasteiger partial charge in [0.15, 0.2) is 0 Å². The molecule has 0 aliphatic heterocycles. The van der Waals surface area contributed by atoms with Gasteiger partial charge in [0, 0.05) is 18.4 Å². The fraction of sp³-hybridized carbons (Fsp3) is 0.471. The molecule has 1 heterocycles. The van der Waals surface area contributed by atoms with Crippen LogP contribution in [0.1, 0.15) is 43.2 Å². The van der Waals surface area contributed by atoms with E-state index in [4.69, 9.17) is 0 Å². The predicted octanol–water partition coefficient (Wildman–Crippen LogP) is 3.98. The van der Waals surface area contributed by atoms with E-state index in [0.717, 1.165) is 12.5 Å². The molecular weight excluding hydrogens is 246 g/mol. The van der Waals surface area contributed by atoms with E-state index in [2.05, 4.69) is 52.3 Å². The fourth-order valence-electron chi connectivity index (χ4n) is 2.98. The Morgan fingerprint density at radius 3 is 2.80 bits per heavy atom. The molecule has 2 aromatic rings. The van der Waals surface area contributed by atoms with E-state index in [0.29, 0.717) is 6.04 Å². The van der Waals surface area contributed by atoms with Crippen molar-refractivity contribution in [2.45, 2.75) is 51.6 Å². The molecular formula is C17H23N3. The van der Waals surface area contributed by atoms with Crippen LogP contribution in [0.25, 0.3) is 0 Å². The highest BCUT2D eigenvalue weighted by molar-refractivity contribution is 5.32. The Morgan fingerprint density at radius 2 is 2.00 bits per heavy atom. The van der Waals surface area contributed by atoms with Crippen LogP contribution in [0, 0.1) is 6.92 Å². The topological polar surface area (TPSA) is 29.9 Å². The summed E-state index contributed by atoms with van der Waals surface area (Å²) in [7, 11) is 0. The molecule has 0 saturated heterocycles. The molecule has 20 heavy (non-hydrogen) atoms. The minimum Gasteiger partial charge on any atom is -0.353 e. The van der Waals surface area contributed by atoms with E-state index in [9.17, 15) is 0 Å². The summed E-state index contributed by atoms with van der Waals surface area (Å²) >= 11 is 0. The van der Waals surface area contributed by atoms with Crippen LogP contribution < -0.4 is 5.32 Å². The van der Waals surface area contributed by atoms with Gasteiger partial charge in [-0.2, -0.15) is 0 Å². The molecule has 0 bridgehead atoms. The third-order valence-electron chi connectivity index (χ3n) is 4.26. The molecule has 1 aliphatic rings. The van der Waals surface area contributed by atoms with E-state index >= 15 is 0 Å². The van der Waals surface area contributed by atoms with Crippen molar-refractivity contribution in [3.05, 3.63) is 47.8 Å². The average Bonchev–Trinajstić information content (AvgIpc) is 2.90. The molecule has 1 fully saturated rings. The molecule has 0 atom stereocenters. The normalized spacial score (nSPS) is 16.2. The summed E-state index contributed by atoms with van der Waals surface area (Å²) in [6.07, 6.45) is 10.6. The van der Waals surface area contributed by atoms with E-state index in [1.165, 1.54) is 43.2 Å². The molecule has 0 radical (unpaired) electrons. The van der Waals surface area contributed by atoms with Gasteiger partial charge < -0.3 is 9.88 Å². The molecule has 1 N–H and O–H groups in total. The van der Waals surface area contributed by atoms with Crippen LogP contribution in [0.5, 0.6) is 0 Å². The van der Waals surface area contributed by atoms with E-state index < -0.39 is 0 Å². The summed E-state index contributed by atoms with van der Waals surface area (Å²) in [5.74, 6) is 1.01. The maximum atomic E-state index is 4.49. The van der Waals surface area contributed by atoms with Gasteiger partial charge in [0.2, 0.25) is 5.95 Å². The van der Waals surface area contributed by atoms with Gasteiger partial charge in [-0.25, -0.2) is 4.98 Å². The predicted molar refractivity (Wildman–Crippen MR) is 83.0 cm³/mol. The smallest absolute Gasteiger partial charge is 0.203 e. The molecule has 3 nitrogen and oxygen atoms in total. The van der Waals surface area contributed by atoms with Gasteiger partial charge in [0.05, 0.1) is 6.54 Å². The molecule has 1 aliphatic carbocycles. The van der Waals surface area contributed by atoms with Crippen LogP contribution in [0.3, 0.4) is 0 Å². The third-order valence-corrected chi connectivity index (χ3v) is 4.26. The lowest BCUT2D eigenvalue weighted by molar-refractivity contribution is 0.459. The highest BCUT2D eigenvalue weighted by Crippen LogP contribution is 2.21. The number of rotatable bonds is 4. The van der Waals surface area contributed by atoms with Crippen LogP contribution in [0.2, 0.25) is 0 Å². The van der Waals surface area contributed by atoms with Gasteiger partial charge in [-0.1, -0.05) is 43.5 Å². The minimum absolute atomic E-state index is 0.599. The molecule has 1 aromatic heterocycles. The molecule has 0 spiro atoms. The zero-order chi connectivity index (χ0) is 13.8. The Kier molecular flexibility index (Phi) is 4.05. The van der Waals surface area contributed by atoms with Crippen LogP contribution in [0.4, 0.5) is 5.95 Å². The van der Waals surface area contributed by atoms with Crippen LogP contribution in [-0.4, -0.2) is 15.6 Å². The Balaban J connectivity index is 1.71. The first kappa shape index (κ1) is 13.2. The third kappa shape index (κ3) is 3.03. The number of anilines is 1. The van der Waals surface area contributed by atoms with Crippen molar-refractivity contribution in [1.82, 2.24) is 9.55 Å². The first-order valence-electron chi connectivity index (χ1n) is 7.65. The van der Waals surface area contributed by atoms with Crippen molar-refractivity contribution in [2.75, 3.05) is 5.32 Å². The van der Waals surface area contributed by atoms with Crippen LogP contribution in [-0.2, 0) is 6.54 Å². The number of benzene rings is 1. The van der Waals surface area contributed by atoms with Gasteiger partial charge in [0.1, 0.15) is 0 Å². The molecule has 3 heteroatoms. The zero-order valence-corrected chi connectivity index (χ0v) is 12.2. The van der Waals surface area contributed by atoms with Crippen molar-refractivity contribution < 1.29 is 0 Å². The van der Waals surface area contributed by atoms with Crippen molar-refractivity contribution >= 4 is 5.95 Å². The van der Waals surface area contributed by atoms with Gasteiger partial charge in [-0.05, 0) is 30.9 Å². The lowest BCUT2D eigenvalue weighted by atomic mass is 9.96. The SMILES string of the molecule is Cc1ccccc1Cn1ccnc1NC1CCCCC1. The Bertz CT molecular complexity index is 553. The number of nitrogens with zero attached hydrogens (tertiary/aromatic N) is 2. The first-order valence-corrected chi connectivity index (χ1v) is 7.65. The highest BCUT2D eigenvalue weighted by Gasteiger charge is 2.15. The van der Waals surface area contributed by atoms with E-state index in [1.54, 1.807) is 0 Å². The molecule has 1 saturated carbocycles. The molecule has 0 unspecified atom stereocenters. The van der Waals surface area contributed by atoms with Crippen molar-refractivity contribution in [2.24, 2.45) is 0 Å². The average molecular weight is 269 g/mol. The van der Waals surface area contributed by atoms with Crippen molar-refractivity contribution in [1.29, 1.82) is 0 Å². The number of hydrogen-bond donors (Lipinski definition) is 1. The number of imidazole rings is 1.